The van der Waals surface area contributed by atoms with Crippen LogP contribution in [0.4, 0.5) is 0 Å². The molecule has 2 heterocycles. The summed E-state index contributed by atoms with van der Waals surface area (Å²) in [5.74, 6) is 1.77. The topological polar surface area (TPSA) is 51.2 Å². The summed E-state index contributed by atoms with van der Waals surface area (Å²) < 4.78 is 17.1. The minimum Gasteiger partial charge on any atom is -0.486 e. The highest BCUT2D eigenvalue weighted by atomic mass is 16.6. The molecule has 1 aromatic rings. The van der Waals surface area contributed by atoms with Crippen molar-refractivity contribution < 1.29 is 19.3 Å². The van der Waals surface area contributed by atoms with Gasteiger partial charge in [0.2, 0.25) is 0 Å². The van der Waals surface area contributed by atoms with Crippen molar-refractivity contribution in [2.45, 2.75) is 57.1 Å². The Kier molecular flexibility index (Phi) is 5.13. The first-order valence-corrected chi connectivity index (χ1v) is 10.1. The Balaban J connectivity index is 1.66. The number of benzene rings is 1. The monoisotopic (exact) mass is 361 g/mol. The Hall–Kier alpha value is -1.30. The lowest BCUT2D eigenvalue weighted by Crippen LogP contribution is -2.49. The number of hydrogen-bond acceptors (Lipinski definition) is 5. The second-order valence-electron chi connectivity index (χ2n) is 7.99. The highest BCUT2D eigenvalue weighted by molar-refractivity contribution is 5.53. The van der Waals surface area contributed by atoms with Gasteiger partial charge in [-0.1, -0.05) is 12.8 Å². The first-order valence-electron chi connectivity index (χ1n) is 10.1. The zero-order valence-corrected chi connectivity index (χ0v) is 16.0. The van der Waals surface area contributed by atoms with Gasteiger partial charge in [-0.15, -0.1) is 0 Å². The van der Waals surface area contributed by atoms with Crippen molar-refractivity contribution in [3.8, 4) is 11.5 Å². The van der Waals surface area contributed by atoms with Crippen molar-refractivity contribution in [3.05, 3.63) is 23.3 Å². The van der Waals surface area contributed by atoms with Crippen molar-refractivity contribution in [2.75, 3.05) is 39.5 Å². The van der Waals surface area contributed by atoms with E-state index in [9.17, 15) is 5.11 Å². The lowest BCUT2D eigenvalue weighted by molar-refractivity contribution is 0.00385. The third kappa shape index (κ3) is 3.21. The summed E-state index contributed by atoms with van der Waals surface area (Å²) >= 11 is 0. The number of hydrogen-bond donors (Lipinski definition) is 1. The zero-order chi connectivity index (χ0) is 18.1. The van der Waals surface area contributed by atoms with E-state index < -0.39 is 6.10 Å². The van der Waals surface area contributed by atoms with Crippen LogP contribution in [0.25, 0.3) is 0 Å². The number of fused-ring (bicyclic) bond motifs is 3. The van der Waals surface area contributed by atoms with Crippen molar-refractivity contribution in [2.24, 2.45) is 0 Å². The van der Waals surface area contributed by atoms with Gasteiger partial charge in [0.25, 0.3) is 0 Å². The lowest BCUT2D eigenvalue weighted by atomic mass is 9.71. The molecule has 1 aromatic carbocycles. The molecule has 1 N–H and O–H groups in total. The van der Waals surface area contributed by atoms with Crippen molar-refractivity contribution >= 4 is 0 Å². The summed E-state index contributed by atoms with van der Waals surface area (Å²) in [6.45, 7) is 8.14. The van der Waals surface area contributed by atoms with Crippen LogP contribution in [0.3, 0.4) is 0 Å². The minimum absolute atomic E-state index is 0.184. The molecule has 2 unspecified atom stereocenters. The molecule has 1 saturated carbocycles. The van der Waals surface area contributed by atoms with Crippen LogP contribution in [0.5, 0.6) is 11.5 Å². The quantitative estimate of drug-likeness (QED) is 0.874. The van der Waals surface area contributed by atoms with Gasteiger partial charge in [0.1, 0.15) is 13.2 Å². The first kappa shape index (κ1) is 18.1. The molecule has 0 saturated heterocycles. The predicted molar refractivity (Wildman–Crippen MR) is 100 cm³/mol. The van der Waals surface area contributed by atoms with Crippen molar-refractivity contribution in [3.63, 3.8) is 0 Å². The third-order valence-electron chi connectivity index (χ3n) is 6.31. The Morgan fingerprint density at radius 1 is 1.23 bits per heavy atom. The number of ether oxygens (including phenoxy) is 3. The van der Waals surface area contributed by atoms with E-state index in [4.69, 9.17) is 14.2 Å². The van der Waals surface area contributed by atoms with Crippen molar-refractivity contribution in [1.82, 2.24) is 4.90 Å². The number of aliphatic hydroxyl groups is 1. The predicted octanol–water partition coefficient (Wildman–Crippen LogP) is 3.04. The fourth-order valence-corrected chi connectivity index (χ4v) is 5.00. The molecule has 3 aliphatic rings. The fourth-order valence-electron chi connectivity index (χ4n) is 5.00. The van der Waals surface area contributed by atoms with Gasteiger partial charge < -0.3 is 19.3 Å². The van der Waals surface area contributed by atoms with E-state index in [-0.39, 0.29) is 11.5 Å². The molecule has 26 heavy (non-hydrogen) atoms. The van der Waals surface area contributed by atoms with Gasteiger partial charge in [0, 0.05) is 31.2 Å². The SMILES string of the molecule is CCOCC(O)CN1CC2(CCCC2)c2cc3c(cc2C1C)OCCO3. The molecule has 2 aliphatic heterocycles. The summed E-state index contributed by atoms with van der Waals surface area (Å²) in [7, 11) is 0. The minimum atomic E-state index is -0.449. The molecule has 1 spiro atoms. The largest absolute Gasteiger partial charge is 0.486 e. The molecular formula is C21H31NO4. The van der Waals surface area contributed by atoms with Gasteiger partial charge in [-0.2, -0.15) is 0 Å². The lowest BCUT2D eigenvalue weighted by Gasteiger charge is -2.47. The van der Waals surface area contributed by atoms with Gasteiger partial charge in [-0.05, 0) is 49.9 Å². The third-order valence-corrected chi connectivity index (χ3v) is 6.31. The maximum Gasteiger partial charge on any atom is 0.161 e. The van der Waals surface area contributed by atoms with Gasteiger partial charge in [0.15, 0.2) is 11.5 Å². The fraction of sp³-hybridized carbons (Fsp3) is 0.714. The molecule has 4 rings (SSSR count). The van der Waals surface area contributed by atoms with Gasteiger partial charge >= 0.3 is 0 Å². The highest BCUT2D eigenvalue weighted by Gasteiger charge is 2.45. The van der Waals surface area contributed by atoms with E-state index in [1.54, 1.807) is 0 Å². The van der Waals surface area contributed by atoms with E-state index in [0.717, 1.165) is 18.0 Å². The Morgan fingerprint density at radius 2 is 1.92 bits per heavy atom. The van der Waals surface area contributed by atoms with Gasteiger partial charge in [-0.3, -0.25) is 4.90 Å². The number of nitrogens with zero attached hydrogens (tertiary/aromatic N) is 1. The van der Waals surface area contributed by atoms with Crippen LogP contribution in [0.15, 0.2) is 12.1 Å². The molecular weight excluding hydrogens is 330 g/mol. The van der Waals surface area contributed by atoms with E-state index >= 15 is 0 Å². The van der Waals surface area contributed by atoms with E-state index in [1.807, 2.05) is 6.92 Å². The van der Waals surface area contributed by atoms with Crippen LogP contribution in [0, 0.1) is 0 Å². The summed E-state index contributed by atoms with van der Waals surface area (Å²) in [4.78, 5) is 2.44. The molecule has 2 atom stereocenters. The van der Waals surface area contributed by atoms with E-state index in [1.165, 1.54) is 36.8 Å². The Bertz CT molecular complexity index is 641. The van der Waals surface area contributed by atoms with Crippen LogP contribution < -0.4 is 9.47 Å². The summed E-state index contributed by atoms with van der Waals surface area (Å²) in [5.41, 5.74) is 2.97. The molecule has 5 heteroatoms. The number of rotatable bonds is 5. The Morgan fingerprint density at radius 3 is 2.62 bits per heavy atom. The van der Waals surface area contributed by atoms with E-state index in [2.05, 4.69) is 24.0 Å². The average Bonchev–Trinajstić information content (AvgIpc) is 3.12. The van der Waals surface area contributed by atoms with Crippen LogP contribution in [0.2, 0.25) is 0 Å². The smallest absolute Gasteiger partial charge is 0.161 e. The Labute approximate surface area is 156 Å². The van der Waals surface area contributed by atoms with Gasteiger partial charge in [0.05, 0.1) is 12.7 Å². The molecule has 1 aliphatic carbocycles. The molecule has 5 nitrogen and oxygen atoms in total. The van der Waals surface area contributed by atoms with E-state index in [0.29, 0.717) is 33.0 Å². The summed E-state index contributed by atoms with van der Waals surface area (Å²) in [6, 6.07) is 4.69. The number of β-amino-alcohol motifs (C(OH)–C–C–N with tert-alkyl or cyclic N) is 1. The molecule has 0 aromatic heterocycles. The molecule has 1 fully saturated rings. The second kappa shape index (κ2) is 7.37. The molecule has 0 bridgehead atoms. The maximum absolute atomic E-state index is 10.4. The summed E-state index contributed by atoms with van der Waals surface area (Å²) in [5, 5.41) is 10.4. The standard InChI is InChI=1S/C21H31NO4/c1-3-24-13-16(23)12-22-14-21(6-4-5-7-21)18-11-20-19(25-8-9-26-20)10-17(18)15(22)2/h10-11,15-16,23H,3-9,12-14H2,1-2H3. The van der Waals surface area contributed by atoms with Crippen molar-refractivity contribution in [1.29, 1.82) is 0 Å². The molecule has 0 radical (unpaired) electrons. The number of aliphatic hydroxyl groups excluding tert-OH is 1. The highest BCUT2D eigenvalue weighted by Crippen LogP contribution is 2.51. The maximum atomic E-state index is 10.4. The average molecular weight is 361 g/mol. The molecule has 0 amide bonds. The first-order chi connectivity index (χ1) is 12.6. The van der Waals surface area contributed by atoms with Crippen LogP contribution in [0.1, 0.15) is 56.7 Å². The summed E-state index contributed by atoms with van der Waals surface area (Å²) in [6.07, 6.45) is 4.53. The zero-order valence-electron chi connectivity index (χ0n) is 16.0. The normalized spacial score (nSPS) is 25.3. The molecule has 144 valence electrons. The van der Waals surface area contributed by atoms with Crippen LogP contribution >= 0.6 is 0 Å². The van der Waals surface area contributed by atoms with Gasteiger partial charge in [-0.25, -0.2) is 0 Å². The second-order valence-corrected chi connectivity index (χ2v) is 7.99. The van der Waals surface area contributed by atoms with Crippen LogP contribution in [-0.2, 0) is 10.2 Å². The van der Waals surface area contributed by atoms with Crippen LogP contribution in [-0.4, -0.2) is 55.6 Å².